The molecule has 5 N–H and O–H groups in total. The Hall–Kier alpha value is -3.25. The Labute approximate surface area is 316 Å². The first kappa shape index (κ1) is 40.5. The van der Waals surface area contributed by atoms with Gasteiger partial charge in [-0.15, -0.1) is 0 Å². The Morgan fingerprint density at radius 2 is 1.24 bits per heavy atom. The Bertz CT molecular complexity index is 1360. The van der Waals surface area contributed by atoms with Gasteiger partial charge in [0.05, 0.1) is 28.4 Å². The van der Waals surface area contributed by atoms with Gasteiger partial charge in [0.2, 0.25) is 0 Å². The van der Waals surface area contributed by atoms with Gasteiger partial charge in [-0.2, -0.15) is 4.53 Å². The van der Waals surface area contributed by atoms with Crippen LogP contribution in [0.5, 0.6) is 0 Å². The number of hydrazine groups is 1. The van der Waals surface area contributed by atoms with Crippen molar-refractivity contribution in [2.75, 3.05) is 44.3 Å². The van der Waals surface area contributed by atoms with Crippen LogP contribution in [0.25, 0.3) is 0 Å². The van der Waals surface area contributed by atoms with Crippen LogP contribution in [0.3, 0.4) is 0 Å². The number of benzene rings is 3. The molecule has 3 aromatic carbocycles. The topological polar surface area (TPSA) is 63.4 Å². The van der Waals surface area contributed by atoms with Gasteiger partial charge in [-0.3, -0.25) is 5.43 Å². The molecule has 7 heteroatoms. The highest BCUT2D eigenvalue weighted by Crippen LogP contribution is 2.50. The standard InChI is InChI=1S/C44H69ClN6/c1-5-8-10-11-12-13-14-15-16-25-33-46-41-40(48-37-27-19-17-20-28-37)35(4)44(51(45)50-39-31-21-18-22-32-39)43(49-38-29-23-24-30-38)42(41)47-34-36(7-3)26-9-6-2/h17-22,27-28,31-32,36,38,46-50H,5-16,23-26,29-30,33-34H2,1-4H3. The number of hydrogen-bond donors (Lipinski definition) is 5. The van der Waals surface area contributed by atoms with Crippen molar-refractivity contribution in [3.8, 4) is 0 Å². The van der Waals surface area contributed by atoms with Gasteiger partial charge < -0.3 is 21.3 Å². The lowest BCUT2D eigenvalue weighted by molar-refractivity contribution is 0.473. The summed E-state index contributed by atoms with van der Waals surface area (Å²) in [5.74, 6) is 0.601. The Kier molecular flexibility index (Phi) is 18.5. The molecule has 1 atom stereocenters. The van der Waals surface area contributed by atoms with E-state index in [4.69, 9.17) is 11.8 Å². The average molecular weight is 718 g/mol. The number of rotatable bonds is 26. The van der Waals surface area contributed by atoms with Crippen LogP contribution < -0.4 is 31.2 Å². The van der Waals surface area contributed by atoms with Crippen molar-refractivity contribution in [3.05, 3.63) is 66.2 Å². The van der Waals surface area contributed by atoms with Crippen LogP contribution >= 0.6 is 11.8 Å². The zero-order chi connectivity index (χ0) is 36.1. The molecule has 282 valence electrons. The van der Waals surface area contributed by atoms with Gasteiger partial charge in [0, 0.05) is 42.2 Å². The van der Waals surface area contributed by atoms with E-state index in [1.165, 1.54) is 103 Å². The van der Waals surface area contributed by atoms with E-state index >= 15 is 0 Å². The fourth-order valence-corrected chi connectivity index (χ4v) is 7.70. The first-order valence-corrected chi connectivity index (χ1v) is 20.9. The van der Waals surface area contributed by atoms with E-state index in [0.717, 1.165) is 71.3 Å². The lowest BCUT2D eigenvalue weighted by atomic mass is 9.98. The third-order valence-corrected chi connectivity index (χ3v) is 10.9. The monoisotopic (exact) mass is 717 g/mol. The number of nitrogens with one attached hydrogen (secondary N) is 5. The van der Waals surface area contributed by atoms with Gasteiger partial charge in [-0.1, -0.05) is 147 Å². The largest absolute Gasteiger partial charge is 0.382 e. The fraction of sp³-hybridized carbons (Fsp3) is 0.591. The summed E-state index contributed by atoms with van der Waals surface area (Å²) in [6.45, 7) is 11.0. The van der Waals surface area contributed by atoms with E-state index in [9.17, 15) is 0 Å². The van der Waals surface area contributed by atoms with Gasteiger partial charge in [0.15, 0.2) is 0 Å². The molecule has 0 amide bonds. The number of hydrogen-bond acceptors (Lipinski definition) is 6. The number of nitrogens with zero attached hydrogens (tertiary/aromatic N) is 1. The Morgan fingerprint density at radius 1 is 0.667 bits per heavy atom. The summed E-state index contributed by atoms with van der Waals surface area (Å²) in [4.78, 5) is 0. The summed E-state index contributed by atoms with van der Waals surface area (Å²) < 4.78 is 1.70. The van der Waals surface area contributed by atoms with E-state index in [-0.39, 0.29) is 0 Å². The van der Waals surface area contributed by atoms with Crippen molar-refractivity contribution >= 4 is 51.6 Å². The summed E-state index contributed by atoms with van der Waals surface area (Å²) in [5, 5.41) is 15.9. The summed E-state index contributed by atoms with van der Waals surface area (Å²) in [5.41, 5.74) is 11.9. The SMILES string of the molecule is CCCCCCCCCCCCNc1c(Nc2ccccc2)c(C)c(N(Cl)Nc2ccccc2)c(NC2CCCC2)c1NCC(CC)CCCC. The zero-order valence-corrected chi connectivity index (χ0v) is 33.2. The molecule has 1 aliphatic carbocycles. The highest BCUT2D eigenvalue weighted by Gasteiger charge is 2.28. The third kappa shape index (κ3) is 13.3. The zero-order valence-electron chi connectivity index (χ0n) is 32.4. The van der Waals surface area contributed by atoms with Crippen molar-refractivity contribution in [1.29, 1.82) is 0 Å². The van der Waals surface area contributed by atoms with Crippen molar-refractivity contribution in [1.82, 2.24) is 0 Å². The molecule has 1 unspecified atom stereocenters. The lowest BCUT2D eigenvalue weighted by Gasteiger charge is -2.32. The van der Waals surface area contributed by atoms with Gasteiger partial charge >= 0.3 is 0 Å². The van der Waals surface area contributed by atoms with E-state index in [2.05, 4.69) is 96.9 Å². The number of para-hydroxylation sites is 2. The number of anilines is 7. The minimum absolute atomic E-state index is 0.412. The third-order valence-electron chi connectivity index (χ3n) is 10.6. The molecule has 0 heterocycles. The fourth-order valence-electron chi connectivity index (χ4n) is 7.40. The molecule has 0 spiro atoms. The molecular weight excluding hydrogens is 648 g/mol. The van der Waals surface area contributed by atoms with E-state index < -0.39 is 0 Å². The van der Waals surface area contributed by atoms with E-state index in [1.54, 1.807) is 4.53 Å². The molecule has 0 aliphatic heterocycles. The minimum Gasteiger partial charge on any atom is -0.382 e. The van der Waals surface area contributed by atoms with E-state index in [0.29, 0.717) is 12.0 Å². The van der Waals surface area contributed by atoms with Crippen molar-refractivity contribution in [2.24, 2.45) is 5.92 Å². The lowest BCUT2D eigenvalue weighted by Crippen LogP contribution is -2.26. The summed E-state index contributed by atoms with van der Waals surface area (Å²) >= 11 is 7.32. The van der Waals surface area contributed by atoms with Crippen molar-refractivity contribution in [2.45, 2.75) is 149 Å². The molecule has 0 aromatic heterocycles. The molecule has 6 nitrogen and oxygen atoms in total. The molecular formula is C44H69ClN6. The Morgan fingerprint density at radius 3 is 1.84 bits per heavy atom. The maximum Gasteiger partial charge on any atom is 0.106 e. The first-order valence-electron chi connectivity index (χ1n) is 20.6. The van der Waals surface area contributed by atoms with Crippen LogP contribution in [-0.4, -0.2) is 19.1 Å². The van der Waals surface area contributed by atoms with Gasteiger partial charge in [0.25, 0.3) is 0 Å². The second kappa shape index (κ2) is 23.3. The molecule has 0 saturated heterocycles. The highest BCUT2D eigenvalue weighted by atomic mass is 35.5. The first-order chi connectivity index (χ1) is 25.0. The number of unbranched alkanes of at least 4 members (excludes halogenated alkanes) is 10. The van der Waals surface area contributed by atoms with Crippen LogP contribution in [-0.2, 0) is 0 Å². The quantitative estimate of drug-likeness (QED) is 0.0324. The second-order valence-electron chi connectivity index (χ2n) is 14.8. The predicted molar refractivity (Wildman–Crippen MR) is 227 cm³/mol. The van der Waals surface area contributed by atoms with Gasteiger partial charge in [-0.25, -0.2) is 0 Å². The predicted octanol–water partition coefficient (Wildman–Crippen LogP) is 14.0. The Balaban J connectivity index is 1.70. The molecule has 1 saturated carbocycles. The van der Waals surface area contributed by atoms with Crippen molar-refractivity contribution < 1.29 is 0 Å². The van der Waals surface area contributed by atoms with Gasteiger partial charge in [-0.05, 0) is 62.8 Å². The summed E-state index contributed by atoms with van der Waals surface area (Å²) in [6, 6.07) is 21.2. The van der Waals surface area contributed by atoms with Gasteiger partial charge in [0.1, 0.15) is 5.69 Å². The van der Waals surface area contributed by atoms with Crippen LogP contribution in [0.15, 0.2) is 60.7 Å². The minimum atomic E-state index is 0.412. The molecule has 1 aliphatic rings. The maximum atomic E-state index is 7.32. The molecule has 51 heavy (non-hydrogen) atoms. The smallest absolute Gasteiger partial charge is 0.106 e. The van der Waals surface area contributed by atoms with Crippen LogP contribution in [0, 0.1) is 12.8 Å². The highest BCUT2D eigenvalue weighted by molar-refractivity contribution is 6.28. The molecule has 3 aromatic rings. The summed E-state index contributed by atoms with van der Waals surface area (Å²) in [6.07, 6.45) is 23.0. The molecule has 4 rings (SSSR count). The number of halogens is 1. The molecule has 0 bridgehead atoms. The van der Waals surface area contributed by atoms with Crippen LogP contribution in [0.1, 0.15) is 142 Å². The molecule has 0 radical (unpaired) electrons. The van der Waals surface area contributed by atoms with Crippen LogP contribution in [0.4, 0.5) is 39.8 Å². The normalized spacial score (nSPS) is 13.6. The van der Waals surface area contributed by atoms with E-state index in [1.807, 2.05) is 18.2 Å². The average Bonchev–Trinajstić information content (AvgIpc) is 3.67. The maximum absolute atomic E-state index is 7.32. The second-order valence-corrected chi connectivity index (χ2v) is 15.1. The summed E-state index contributed by atoms with van der Waals surface area (Å²) in [7, 11) is 0. The van der Waals surface area contributed by atoms with Crippen LogP contribution in [0.2, 0.25) is 0 Å². The molecule has 1 fully saturated rings. The van der Waals surface area contributed by atoms with Crippen molar-refractivity contribution in [3.63, 3.8) is 0 Å².